The molecule has 0 bridgehead atoms. The van der Waals surface area contributed by atoms with Gasteiger partial charge in [-0.15, -0.1) is 0 Å². The molecule has 0 aliphatic heterocycles. The molecule has 2 atom stereocenters. The molecule has 0 heterocycles. The van der Waals surface area contributed by atoms with Gasteiger partial charge >= 0.3 is 9.53 Å². The molecule has 0 radical (unpaired) electrons. The first kappa shape index (κ1) is 47.1. The second-order valence-corrected chi connectivity index (χ2v) is 16.5. The molecule has 0 aromatic heterocycles. The predicted octanol–water partition coefficient (Wildman–Crippen LogP) is 13.8. The van der Waals surface area contributed by atoms with Crippen molar-refractivity contribution < 1.29 is 13.3 Å². The molecule has 47 heavy (non-hydrogen) atoms. The smallest absolute Gasteiger partial charge is 0.376 e. The fourth-order valence-electron chi connectivity index (χ4n) is 6.59. The Kier molecular flexibility index (Phi) is 40.5. The molecule has 284 valence electrons. The zero-order valence-electron chi connectivity index (χ0n) is 33.0. The first-order valence-electron chi connectivity index (χ1n) is 21.8. The Morgan fingerprint density at radius 3 is 1.00 bits per heavy atom. The Balaban J connectivity index is 4.49. The van der Waals surface area contributed by atoms with Crippen LogP contribution in [0.4, 0.5) is 0 Å². The summed E-state index contributed by atoms with van der Waals surface area (Å²) >= 11 is 0. The summed E-state index contributed by atoms with van der Waals surface area (Å²) in [5.41, 5.74) is 6.18. The van der Waals surface area contributed by atoms with Gasteiger partial charge in [-0.1, -0.05) is 207 Å². The Hall–Kier alpha value is 0.0569. The monoisotopic (exact) mass is 684 g/mol. The summed E-state index contributed by atoms with van der Waals surface area (Å²) < 4.78 is 19.5. The van der Waals surface area contributed by atoms with Gasteiger partial charge in [0.2, 0.25) is 0 Å². The van der Waals surface area contributed by atoms with E-state index in [2.05, 4.69) is 27.7 Å². The molecule has 5 heteroatoms. The first-order chi connectivity index (χ1) is 23.1. The van der Waals surface area contributed by atoms with E-state index in [4.69, 9.17) is 19.0 Å². The third kappa shape index (κ3) is 38.7. The molecular weight excluding hydrogens is 595 g/mol. The van der Waals surface area contributed by atoms with Gasteiger partial charge in [0.1, 0.15) is 0 Å². The van der Waals surface area contributed by atoms with Crippen LogP contribution in [0.2, 0.25) is 0 Å². The molecule has 2 N–H and O–H groups in total. The van der Waals surface area contributed by atoms with Crippen molar-refractivity contribution in [2.75, 3.05) is 13.2 Å². The second-order valence-electron chi connectivity index (χ2n) is 15.0. The predicted molar refractivity (Wildman–Crippen MR) is 212 cm³/mol. The highest BCUT2D eigenvalue weighted by atomic mass is 28.3. The lowest BCUT2D eigenvalue weighted by Gasteiger charge is -2.24. The molecule has 0 aromatic carbocycles. The number of unbranched alkanes of at least 4 members (excludes halogenated alkanes) is 28. The van der Waals surface area contributed by atoms with Crippen LogP contribution in [-0.2, 0) is 13.3 Å². The van der Waals surface area contributed by atoms with Crippen LogP contribution in [-0.4, -0.2) is 34.9 Å². The summed E-state index contributed by atoms with van der Waals surface area (Å²) in [5, 5.41) is 0. The summed E-state index contributed by atoms with van der Waals surface area (Å²) in [6.07, 6.45) is 45.5. The largest absolute Gasteiger partial charge is 0.484 e. The second kappa shape index (κ2) is 40.5. The van der Waals surface area contributed by atoms with E-state index in [9.17, 15) is 0 Å². The van der Waals surface area contributed by atoms with E-state index in [0.717, 1.165) is 45.3 Å². The van der Waals surface area contributed by atoms with Crippen molar-refractivity contribution in [1.29, 1.82) is 0 Å². The minimum atomic E-state index is -2.14. The molecule has 4 nitrogen and oxygen atoms in total. The number of hydrogen-bond donors (Lipinski definition) is 1. The molecule has 0 saturated carbocycles. The number of rotatable bonds is 41. The van der Waals surface area contributed by atoms with E-state index in [1.54, 1.807) is 0 Å². The molecule has 0 rings (SSSR count). The topological polar surface area (TPSA) is 53.7 Å². The molecule has 0 spiro atoms. The van der Waals surface area contributed by atoms with Gasteiger partial charge in [-0.3, -0.25) is 0 Å². The zero-order chi connectivity index (χ0) is 34.3. The van der Waals surface area contributed by atoms with Gasteiger partial charge in [-0.2, -0.15) is 0 Å². The van der Waals surface area contributed by atoms with Crippen molar-refractivity contribution in [3.05, 3.63) is 0 Å². The van der Waals surface area contributed by atoms with Crippen LogP contribution in [0.15, 0.2) is 0 Å². The van der Waals surface area contributed by atoms with Crippen molar-refractivity contribution in [2.45, 2.75) is 258 Å². The molecule has 0 fully saturated rings. The SMILES string of the molecule is CCCCCCCCCCCCCC(CCC(C)N)O[SiH](OCCCCCCCCCCCC)OCCCCCCCCCCCC. The normalized spacial score (nSPS) is 13.1. The maximum atomic E-state index is 6.72. The maximum Gasteiger partial charge on any atom is 0.484 e. The van der Waals surface area contributed by atoms with Gasteiger partial charge in [0.25, 0.3) is 0 Å². The highest BCUT2D eigenvalue weighted by Gasteiger charge is 2.22. The van der Waals surface area contributed by atoms with Gasteiger partial charge in [0.05, 0.1) is 0 Å². The third-order valence-corrected chi connectivity index (χ3v) is 11.5. The van der Waals surface area contributed by atoms with Gasteiger partial charge in [0, 0.05) is 25.4 Å². The van der Waals surface area contributed by atoms with Crippen LogP contribution in [0, 0.1) is 0 Å². The molecule has 0 aromatic rings. The fourth-order valence-corrected chi connectivity index (χ4v) is 8.15. The Labute approximate surface area is 299 Å². The molecule has 2 unspecified atom stereocenters. The van der Waals surface area contributed by atoms with Gasteiger partial charge in [0.15, 0.2) is 0 Å². The summed E-state index contributed by atoms with van der Waals surface area (Å²) in [6, 6.07) is 0.221. The summed E-state index contributed by atoms with van der Waals surface area (Å²) in [4.78, 5) is 0. The summed E-state index contributed by atoms with van der Waals surface area (Å²) in [7, 11) is -2.14. The maximum absolute atomic E-state index is 6.72. The highest BCUT2D eigenvalue weighted by molar-refractivity contribution is 6.36. The molecule has 0 aliphatic rings. The van der Waals surface area contributed by atoms with Crippen LogP contribution < -0.4 is 5.73 Å². The average molecular weight is 684 g/mol. The minimum absolute atomic E-state index is 0.221. The van der Waals surface area contributed by atoms with Crippen molar-refractivity contribution >= 4 is 9.53 Å². The lowest BCUT2D eigenvalue weighted by Crippen LogP contribution is -2.34. The molecule has 0 saturated heterocycles. The van der Waals surface area contributed by atoms with Crippen LogP contribution in [0.3, 0.4) is 0 Å². The number of hydrogen-bond acceptors (Lipinski definition) is 4. The van der Waals surface area contributed by atoms with E-state index in [1.807, 2.05) is 0 Å². The van der Waals surface area contributed by atoms with Gasteiger partial charge in [-0.05, 0) is 39.0 Å². The van der Waals surface area contributed by atoms with Crippen molar-refractivity contribution in [3.8, 4) is 0 Å². The zero-order valence-corrected chi connectivity index (χ0v) is 34.1. The quantitative estimate of drug-likeness (QED) is 0.0515. The fraction of sp³-hybridized carbons (Fsp3) is 1.00. The van der Waals surface area contributed by atoms with Crippen LogP contribution in [0.1, 0.15) is 246 Å². The molecule has 0 aliphatic carbocycles. The van der Waals surface area contributed by atoms with Crippen LogP contribution >= 0.6 is 0 Å². The lowest BCUT2D eigenvalue weighted by atomic mass is 10.0. The van der Waals surface area contributed by atoms with Gasteiger partial charge in [-0.25, -0.2) is 0 Å². The summed E-state index contributed by atoms with van der Waals surface area (Å²) in [6.45, 7) is 10.6. The highest BCUT2D eigenvalue weighted by Crippen LogP contribution is 2.18. The minimum Gasteiger partial charge on any atom is -0.376 e. The van der Waals surface area contributed by atoms with Crippen LogP contribution in [0.5, 0.6) is 0 Å². The van der Waals surface area contributed by atoms with E-state index >= 15 is 0 Å². The van der Waals surface area contributed by atoms with Crippen molar-refractivity contribution in [3.63, 3.8) is 0 Å². The molecule has 0 amide bonds. The third-order valence-electron chi connectivity index (χ3n) is 9.88. The van der Waals surface area contributed by atoms with E-state index < -0.39 is 9.53 Å². The average Bonchev–Trinajstić information content (AvgIpc) is 3.06. The standard InChI is InChI=1S/C42H89NO3Si/c1-5-8-11-14-17-20-23-24-27-30-33-36-42(38-37-41(4)43)46-47(44-39-34-31-28-25-21-18-15-12-9-6-2)45-40-35-32-29-26-22-19-16-13-10-7-3/h41-42,47H,5-40,43H2,1-4H3. The van der Waals surface area contributed by atoms with E-state index in [1.165, 1.54) is 186 Å². The van der Waals surface area contributed by atoms with Crippen LogP contribution in [0.25, 0.3) is 0 Å². The Bertz CT molecular complexity index is 538. The number of nitrogens with two attached hydrogens (primary N) is 1. The van der Waals surface area contributed by atoms with E-state index in [0.29, 0.717) is 0 Å². The van der Waals surface area contributed by atoms with E-state index in [-0.39, 0.29) is 12.1 Å². The lowest BCUT2D eigenvalue weighted by molar-refractivity contribution is 0.0457. The van der Waals surface area contributed by atoms with Gasteiger partial charge < -0.3 is 19.0 Å². The van der Waals surface area contributed by atoms with Crippen molar-refractivity contribution in [2.24, 2.45) is 5.73 Å². The Morgan fingerprint density at radius 2 is 0.681 bits per heavy atom. The summed E-state index contributed by atoms with van der Waals surface area (Å²) in [5.74, 6) is 0. The Morgan fingerprint density at radius 1 is 0.383 bits per heavy atom. The molecular formula is C42H89NO3Si. The van der Waals surface area contributed by atoms with Crippen molar-refractivity contribution in [1.82, 2.24) is 0 Å². The first-order valence-corrected chi connectivity index (χ1v) is 23.2.